The van der Waals surface area contributed by atoms with E-state index in [4.69, 9.17) is 9.47 Å². The lowest BCUT2D eigenvalue weighted by molar-refractivity contribution is 0.169. The molecule has 2 aromatic rings. The Labute approximate surface area is 179 Å². The van der Waals surface area contributed by atoms with Crippen LogP contribution in [-0.4, -0.2) is 62.0 Å². The lowest BCUT2D eigenvalue weighted by Crippen LogP contribution is -2.47. The lowest BCUT2D eigenvalue weighted by Gasteiger charge is -2.38. The standard InChI is InChI=1S/C25H30N2O3/c1-2-7-23(28)21(20-8-4-3-5-9-20)12-13-26-14-16-27(17-15-26)22-10-6-11-24-25(22)30-19-18-29-24/h3-6,8-11,21,23,28H,12-19H2,1H3. The van der Waals surface area contributed by atoms with Gasteiger partial charge in [0.1, 0.15) is 19.3 Å². The van der Waals surface area contributed by atoms with Gasteiger partial charge in [0, 0.05) is 32.1 Å². The number of nitrogens with zero attached hydrogens (tertiary/aromatic N) is 2. The Morgan fingerprint density at radius 1 is 0.967 bits per heavy atom. The SMILES string of the molecule is CC#CC(O)C(CCN1CCN(c2cccc3c2OCCO3)CC1)c1ccccc1. The van der Waals surface area contributed by atoms with Gasteiger partial charge in [-0.25, -0.2) is 0 Å². The van der Waals surface area contributed by atoms with Crippen molar-refractivity contribution in [3.05, 3.63) is 54.1 Å². The maximum atomic E-state index is 10.6. The average molecular weight is 407 g/mol. The molecule has 30 heavy (non-hydrogen) atoms. The number of aliphatic hydroxyl groups excluding tert-OH is 1. The van der Waals surface area contributed by atoms with Crippen molar-refractivity contribution in [2.24, 2.45) is 0 Å². The summed E-state index contributed by atoms with van der Waals surface area (Å²) in [5.74, 6) is 7.56. The second-order valence-electron chi connectivity index (χ2n) is 7.78. The molecule has 2 unspecified atom stereocenters. The van der Waals surface area contributed by atoms with Gasteiger partial charge in [-0.1, -0.05) is 42.3 Å². The highest BCUT2D eigenvalue weighted by Crippen LogP contribution is 2.39. The summed E-state index contributed by atoms with van der Waals surface area (Å²) in [6, 6.07) is 16.4. The maximum absolute atomic E-state index is 10.6. The molecule has 2 aliphatic heterocycles. The Balaban J connectivity index is 1.36. The molecule has 0 saturated carbocycles. The molecule has 0 amide bonds. The Morgan fingerprint density at radius 2 is 1.73 bits per heavy atom. The number of anilines is 1. The average Bonchev–Trinajstić information content (AvgIpc) is 2.80. The van der Waals surface area contributed by atoms with Crippen molar-refractivity contribution in [2.45, 2.75) is 25.4 Å². The molecule has 0 radical (unpaired) electrons. The number of ether oxygens (including phenoxy) is 2. The van der Waals surface area contributed by atoms with Gasteiger partial charge in [-0.3, -0.25) is 4.90 Å². The summed E-state index contributed by atoms with van der Waals surface area (Å²) in [5, 5.41) is 10.6. The van der Waals surface area contributed by atoms with Gasteiger partial charge in [0.15, 0.2) is 11.5 Å². The number of hydrogen-bond donors (Lipinski definition) is 1. The van der Waals surface area contributed by atoms with Crippen molar-refractivity contribution in [3.63, 3.8) is 0 Å². The number of aliphatic hydroxyl groups is 1. The molecule has 1 saturated heterocycles. The van der Waals surface area contributed by atoms with Gasteiger partial charge in [-0.05, 0) is 37.6 Å². The molecule has 2 aliphatic rings. The van der Waals surface area contributed by atoms with Crippen LogP contribution < -0.4 is 14.4 Å². The molecule has 1 N–H and O–H groups in total. The van der Waals surface area contributed by atoms with E-state index in [0.29, 0.717) is 13.2 Å². The van der Waals surface area contributed by atoms with Crippen molar-refractivity contribution >= 4 is 5.69 Å². The molecular weight excluding hydrogens is 376 g/mol. The van der Waals surface area contributed by atoms with Crippen LogP contribution in [0.4, 0.5) is 5.69 Å². The van der Waals surface area contributed by atoms with Gasteiger partial charge in [0.2, 0.25) is 0 Å². The molecule has 0 spiro atoms. The number of rotatable bonds is 6. The second kappa shape index (κ2) is 9.88. The molecule has 2 heterocycles. The van der Waals surface area contributed by atoms with Crippen LogP contribution in [0.25, 0.3) is 0 Å². The van der Waals surface area contributed by atoms with E-state index in [1.165, 1.54) is 0 Å². The molecule has 2 atom stereocenters. The van der Waals surface area contributed by atoms with Crippen LogP contribution >= 0.6 is 0 Å². The fourth-order valence-electron chi connectivity index (χ4n) is 4.30. The first-order valence-corrected chi connectivity index (χ1v) is 10.8. The van der Waals surface area contributed by atoms with Crippen LogP contribution in [0.1, 0.15) is 24.8 Å². The summed E-state index contributed by atoms with van der Waals surface area (Å²) >= 11 is 0. The molecule has 4 rings (SSSR count). The third-order valence-corrected chi connectivity index (χ3v) is 5.92. The zero-order chi connectivity index (χ0) is 20.8. The number of para-hydroxylation sites is 1. The Hall–Kier alpha value is -2.68. The highest BCUT2D eigenvalue weighted by molar-refractivity contribution is 5.65. The van der Waals surface area contributed by atoms with Gasteiger partial charge < -0.3 is 19.5 Å². The predicted octanol–water partition coefficient (Wildman–Crippen LogP) is 3.14. The summed E-state index contributed by atoms with van der Waals surface area (Å²) in [4.78, 5) is 4.86. The molecule has 0 bridgehead atoms. The third kappa shape index (κ3) is 4.72. The van der Waals surface area contributed by atoms with Crippen molar-refractivity contribution in [1.82, 2.24) is 4.90 Å². The largest absolute Gasteiger partial charge is 0.486 e. The quantitative estimate of drug-likeness (QED) is 0.747. The molecular formula is C25H30N2O3. The Kier molecular flexibility index (Phi) is 6.78. The predicted molar refractivity (Wildman–Crippen MR) is 119 cm³/mol. The number of hydrogen-bond acceptors (Lipinski definition) is 5. The fraction of sp³-hybridized carbons (Fsp3) is 0.440. The number of benzene rings is 2. The summed E-state index contributed by atoms with van der Waals surface area (Å²) in [5.41, 5.74) is 2.28. The van der Waals surface area contributed by atoms with E-state index < -0.39 is 6.10 Å². The van der Waals surface area contributed by atoms with E-state index in [1.54, 1.807) is 6.92 Å². The van der Waals surface area contributed by atoms with Crippen LogP contribution in [0.15, 0.2) is 48.5 Å². The molecule has 0 aliphatic carbocycles. The highest BCUT2D eigenvalue weighted by Gasteiger charge is 2.25. The van der Waals surface area contributed by atoms with Crippen LogP contribution in [-0.2, 0) is 0 Å². The second-order valence-corrected chi connectivity index (χ2v) is 7.78. The van der Waals surface area contributed by atoms with E-state index in [-0.39, 0.29) is 5.92 Å². The van der Waals surface area contributed by atoms with Crippen molar-refractivity contribution in [3.8, 4) is 23.3 Å². The zero-order valence-electron chi connectivity index (χ0n) is 17.6. The monoisotopic (exact) mass is 406 g/mol. The first-order chi connectivity index (χ1) is 14.8. The summed E-state index contributed by atoms with van der Waals surface area (Å²) in [6.07, 6.45) is 0.254. The lowest BCUT2D eigenvalue weighted by atomic mass is 9.90. The molecule has 5 heteroatoms. The van der Waals surface area contributed by atoms with Crippen molar-refractivity contribution in [2.75, 3.05) is 50.8 Å². The number of piperazine rings is 1. The van der Waals surface area contributed by atoms with Crippen LogP contribution in [0.2, 0.25) is 0 Å². The fourth-order valence-corrected chi connectivity index (χ4v) is 4.30. The minimum Gasteiger partial charge on any atom is -0.486 e. The Morgan fingerprint density at radius 3 is 2.50 bits per heavy atom. The molecule has 5 nitrogen and oxygen atoms in total. The molecule has 1 fully saturated rings. The third-order valence-electron chi connectivity index (χ3n) is 5.92. The molecule has 2 aromatic carbocycles. The van der Waals surface area contributed by atoms with Crippen LogP contribution in [0.3, 0.4) is 0 Å². The van der Waals surface area contributed by atoms with E-state index in [0.717, 1.165) is 61.9 Å². The summed E-state index contributed by atoms with van der Waals surface area (Å²) in [7, 11) is 0. The normalized spacial score (nSPS) is 18.3. The van der Waals surface area contributed by atoms with Crippen molar-refractivity contribution in [1.29, 1.82) is 0 Å². The first kappa shape index (κ1) is 20.6. The van der Waals surface area contributed by atoms with Gasteiger partial charge in [0.25, 0.3) is 0 Å². The molecule has 0 aromatic heterocycles. The summed E-state index contributed by atoms with van der Waals surface area (Å²) in [6.45, 7) is 7.82. The van der Waals surface area contributed by atoms with Crippen LogP contribution in [0, 0.1) is 11.8 Å². The summed E-state index contributed by atoms with van der Waals surface area (Å²) < 4.78 is 11.6. The molecule has 158 valence electrons. The smallest absolute Gasteiger partial charge is 0.184 e. The van der Waals surface area contributed by atoms with Crippen LogP contribution in [0.5, 0.6) is 11.5 Å². The Bertz CT molecular complexity index is 882. The zero-order valence-corrected chi connectivity index (χ0v) is 17.6. The minimum atomic E-state index is -0.633. The van der Waals surface area contributed by atoms with Gasteiger partial charge in [-0.15, -0.1) is 5.92 Å². The van der Waals surface area contributed by atoms with Gasteiger partial charge in [-0.2, -0.15) is 0 Å². The van der Waals surface area contributed by atoms with Gasteiger partial charge in [0.05, 0.1) is 5.69 Å². The minimum absolute atomic E-state index is 0.0309. The van der Waals surface area contributed by atoms with Crippen molar-refractivity contribution < 1.29 is 14.6 Å². The number of fused-ring (bicyclic) bond motifs is 1. The first-order valence-electron chi connectivity index (χ1n) is 10.8. The van der Waals surface area contributed by atoms with E-state index in [1.807, 2.05) is 30.3 Å². The highest BCUT2D eigenvalue weighted by atomic mass is 16.6. The maximum Gasteiger partial charge on any atom is 0.184 e. The van der Waals surface area contributed by atoms with E-state index in [9.17, 15) is 5.11 Å². The van der Waals surface area contributed by atoms with E-state index >= 15 is 0 Å². The van der Waals surface area contributed by atoms with E-state index in [2.05, 4.69) is 39.8 Å². The topological polar surface area (TPSA) is 45.2 Å². The van der Waals surface area contributed by atoms with Gasteiger partial charge >= 0.3 is 0 Å².